The van der Waals surface area contributed by atoms with E-state index in [2.05, 4.69) is 9.97 Å². The Morgan fingerprint density at radius 1 is 0.950 bits per heavy atom. The van der Waals surface area contributed by atoms with Crippen molar-refractivity contribution in [2.45, 2.75) is 12.6 Å². The standard InChI is InChI=1S/C16H15N3O/c20-15(13-6-2-1-3-7-13)12-19-11-10-18-16(19)14-8-4-5-9-17-14/h1-11,15,20H,12H2. The second-order valence-electron chi connectivity index (χ2n) is 4.54. The number of nitrogens with zero attached hydrogens (tertiary/aromatic N) is 3. The minimum Gasteiger partial charge on any atom is -0.387 e. The van der Waals surface area contributed by atoms with Gasteiger partial charge in [-0.15, -0.1) is 0 Å². The molecule has 0 aliphatic carbocycles. The Labute approximate surface area is 117 Å². The average molecular weight is 265 g/mol. The third kappa shape index (κ3) is 2.60. The van der Waals surface area contributed by atoms with E-state index >= 15 is 0 Å². The second-order valence-corrected chi connectivity index (χ2v) is 4.54. The lowest BCUT2D eigenvalue weighted by Crippen LogP contribution is -2.09. The van der Waals surface area contributed by atoms with Crippen LogP contribution >= 0.6 is 0 Å². The number of hydrogen-bond acceptors (Lipinski definition) is 3. The molecule has 4 heteroatoms. The summed E-state index contributed by atoms with van der Waals surface area (Å²) in [7, 11) is 0. The van der Waals surface area contributed by atoms with Gasteiger partial charge in [0.05, 0.1) is 12.6 Å². The van der Waals surface area contributed by atoms with Crippen LogP contribution in [0.4, 0.5) is 0 Å². The predicted octanol–water partition coefficient (Wildman–Crippen LogP) is 2.68. The van der Waals surface area contributed by atoms with Crippen LogP contribution in [0.3, 0.4) is 0 Å². The lowest BCUT2D eigenvalue weighted by atomic mass is 10.1. The molecule has 1 N–H and O–H groups in total. The Balaban J connectivity index is 1.84. The number of rotatable bonds is 4. The second kappa shape index (κ2) is 5.67. The molecule has 3 rings (SSSR count). The van der Waals surface area contributed by atoms with Crippen molar-refractivity contribution in [2.75, 3.05) is 0 Å². The van der Waals surface area contributed by atoms with Gasteiger partial charge in [0, 0.05) is 18.6 Å². The van der Waals surface area contributed by atoms with Gasteiger partial charge in [0.2, 0.25) is 0 Å². The largest absolute Gasteiger partial charge is 0.387 e. The van der Waals surface area contributed by atoms with Gasteiger partial charge in [-0.1, -0.05) is 36.4 Å². The average Bonchev–Trinajstić information content (AvgIpc) is 2.97. The van der Waals surface area contributed by atoms with E-state index in [1.807, 2.05) is 59.3 Å². The van der Waals surface area contributed by atoms with Gasteiger partial charge >= 0.3 is 0 Å². The SMILES string of the molecule is OC(Cn1ccnc1-c1ccccn1)c1ccccc1. The molecule has 2 heterocycles. The van der Waals surface area contributed by atoms with E-state index in [1.54, 1.807) is 12.4 Å². The van der Waals surface area contributed by atoms with Crippen molar-refractivity contribution in [2.24, 2.45) is 0 Å². The molecular formula is C16H15N3O. The van der Waals surface area contributed by atoms with E-state index in [0.29, 0.717) is 6.54 Å². The van der Waals surface area contributed by atoms with Gasteiger partial charge in [0.25, 0.3) is 0 Å². The number of hydrogen-bond donors (Lipinski definition) is 1. The topological polar surface area (TPSA) is 50.9 Å². The zero-order valence-corrected chi connectivity index (χ0v) is 10.9. The third-order valence-corrected chi connectivity index (χ3v) is 3.16. The molecule has 0 aliphatic rings. The van der Waals surface area contributed by atoms with E-state index in [0.717, 1.165) is 17.1 Å². The summed E-state index contributed by atoms with van der Waals surface area (Å²) in [5, 5.41) is 10.3. The fraction of sp³-hybridized carbons (Fsp3) is 0.125. The first-order valence-corrected chi connectivity index (χ1v) is 6.50. The van der Waals surface area contributed by atoms with Crippen LogP contribution in [0.15, 0.2) is 67.1 Å². The van der Waals surface area contributed by atoms with Crippen molar-refractivity contribution in [3.63, 3.8) is 0 Å². The first kappa shape index (κ1) is 12.6. The van der Waals surface area contributed by atoms with Gasteiger partial charge in [-0.2, -0.15) is 0 Å². The lowest BCUT2D eigenvalue weighted by molar-refractivity contribution is 0.157. The van der Waals surface area contributed by atoms with Crippen LogP contribution in [-0.2, 0) is 6.54 Å². The van der Waals surface area contributed by atoms with Crippen molar-refractivity contribution in [1.82, 2.24) is 14.5 Å². The highest BCUT2D eigenvalue weighted by atomic mass is 16.3. The molecule has 0 radical (unpaired) electrons. The molecule has 0 bridgehead atoms. The van der Waals surface area contributed by atoms with Gasteiger partial charge in [0.1, 0.15) is 5.69 Å². The molecule has 0 amide bonds. The quantitative estimate of drug-likeness (QED) is 0.789. The molecule has 0 saturated carbocycles. The van der Waals surface area contributed by atoms with Crippen molar-refractivity contribution >= 4 is 0 Å². The third-order valence-electron chi connectivity index (χ3n) is 3.16. The summed E-state index contributed by atoms with van der Waals surface area (Å²) in [5.74, 6) is 0.764. The summed E-state index contributed by atoms with van der Waals surface area (Å²) in [6.45, 7) is 0.454. The fourth-order valence-electron chi connectivity index (χ4n) is 2.15. The van der Waals surface area contributed by atoms with Gasteiger partial charge in [-0.3, -0.25) is 4.98 Å². The highest BCUT2D eigenvalue weighted by Crippen LogP contribution is 2.19. The predicted molar refractivity (Wildman–Crippen MR) is 76.9 cm³/mol. The summed E-state index contributed by atoms with van der Waals surface area (Å²) in [5.41, 5.74) is 1.70. The minimum absolute atomic E-state index is 0.454. The smallest absolute Gasteiger partial charge is 0.158 e. The summed E-state index contributed by atoms with van der Waals surface area (Å²) < 4.78 is 1.92. The van der Waals surface area contributed by atoms with Crippen molar-refractivity contribution in [3.05, 3.63) is 72.7 Å². The van der Waals surface area contributed by atoms with Crippen molar-refractivity contribution in [3.8, 4) is 11.5 Å². The van der Waals surface area contributed by atoms with Crippen LogP contribution in [-0.4, -0.2) is 19.6 Å². The molecular weight excluding hydrogens is 250 g/mol. The molecule has 1 unspecified atom stereocenters. The Morgan fingerprint density at radius 3 is 2.50 bits per heavy atom. The molecule has 0 fully saturated rings. The van der Waals surface area contributed by atoms with Gasteiger partial charge in [-0.05, 0) is 17.7 Å². The maximum Gasteiger partial charge on any atom is 0.158 e. The Hall–Kier alpha value is -2.46. The van der Waals surface area contributed by atoms with E-state index in [1.165, 1.54) is 0 Å². The van der Waals surface area contributed by atoms with Crippen LogP contribution < -0.4 is 0 Å². The van der Waals surface area contributed by atoms with Crippen LogP contribution in [0.5, 0.6) is 0 Å². The zero-order valence-electron chi connectivity index (χ0n) is 10.9. The van der Waals surface area contributed by atoms with Gasteiger partial charge < -0.3 is 9.67 Å². The van der Waals surface area contributed by atoms with Crippen LogP contribution in [0, 0.1) is 0 Å². The zero-order chi connectivity index (χ0) is 13.8. The first-order valence-electron chi connectivity index (χ1n) is 6.50. The molecule has 20 heavy (non-hydrogen) atoms. The number of aromatic nitrogens is 3. The molecule has 0 saturated heterocycles. The molecule has 1 atom stereocenters. The van der Waals surface area contributed by atoms with Crippen LogP contribution in [0.1, 0.15) is 11.7 Å². The van der Waals surface area contributed by atoms with E-state index in [-0.39, 0.29) is 0 Å². The van der Waals surface area contributed by atoms with E-state index in [9.17, 15) is 5.11 Å². The fourth-order valence-corrected chi connectivity index (χ4v) is 2.15. The molecule has 2 aromatic heterocycles. The lowest BCUT2D eigenvalue weighted by Gasteiger charge is -2.13. The highest BCUT2D eigenvalue weighted by Gasteiger charge is 2.12. The Bertz CT molecular complexity index is 664. The Kier molecular flexibility index (Phi) is 3.56. The number of pyridine rings is 1. The minimum atomic E-state index is -0.562. The van der Waals surface area contributed by atoms with Crippen LogP contribution in [0.25, 0.3) is 11.5 Å². The molecule has 0 spiro atoms. The number of aliphatic hydroxyl groups excluding tert-OH is 1. The molecule has 4 nitrogen and oxygen atoms in total. The van der Waals surface area contributed by atoms with Crippen LogP contribution in [0.2, 0.25) is 0 Å². The van der Waals surface area contributed by atoms with E-state index < -0.39 is 6.10 Å². The summed E-state index contributed by atoms with van der Waals surface area (Å²) >= 11 is 0. The summed E-state index contributed by atoms with van der Waals surface area (Å²) in [6.07, 6.45) is 4.76. The summed E-state index contributed by atoms with van der Waals surface area (Å²) in [4.78, 5) is 8.62. The maximum absolute atomic E-state index is 10.3. The monoisotopic (exact) mass is 265 g/mol. The van der Waals surface area contributed by atoms with Crippen molar-refractivity contribution in [1.29, 1.82) is 0 Å². The molecule has 3 aromatic rings. The summed E-state index contributed by atoms with van der Waals surface area (Å²) in [6, 6.07) is 15.3. The highest BCUT2D eigenvalue weighted by molar-refractivity contribution is 5.49. The molecule has 1 aromatic carbocycles. The molecule has 100 valence electrons. The normalized spacial score (nSPS) is 12.2. The first-order chi connectivity index (χ1) is 9.84. The van der Waals surface area contributed by atoms with Gasteiger partial charge in [0.15, 0.2) is 5.82 Å². The van der Waals surface area contributed by atoms with E-state index in [4.69, 9.17) is 0 Å². The number of benzene rings is 1. The van der Waals surface area contributed by atoms with Gasteiger partial charge in [-0.25, -0.2) is 4.98 Å². The Morgan fingerprint density at radius 2 is 1.75 bits per heavy atom. The number of aliphatic hydroxyl groups is 1. The molecule has 0 aliphatic heterocycles. The maximum atomic E-state index is 10.3. The number of imidazole rings is 1. The van der Waals surface area contributed by atoms with Crippen molar-refractivity contribution < 1.29 is 5.11 Å².